The Morgan fingerprint density at radius 3 is 2.53 bits per heavy atom. The number of methoxy groups -OCH3 is 1. The number of para-hydroxylation sites is 1. The maximum Gasteiger partial charge on any atom is 0.166 e. The van der Waals surface area contributed by atoms with Crippen LogP contribution in [0.5, 0.6) is 11.5 Å². The van der Waals surface area contributed by atoms with Gasteiger partial charge in [0.1, 0.15) is 0 Å². The van der Waals surface area contributed by atoms with Crippen molar-refractivity contribution < 1.29 is 9.47 Å². The van der Waals surface area contributed by atoms with Gasteiger partial charge in [-0.2, -0.15) is 0 Å². The fourth-order valence-electron chi connectivity index (χ4n) is 1.78. The van der Waals surface area contributed by atoms with Gasteiger partial charge in [-0.05, 0) is 31.9 Å². The summed E-state index contributed by atoms with van der Waals surface area (Å²) in [5.74, 6) is 2.32. The minimum Gasteiger partial charge on any atom is -0.493 e. The van der Waals surface area contributed by atoms with Gasteiger partial charge in [-0.1, -0.05) is 32.9 Å². The Labute approximate surface area is 117 Å². The van der Waals surface area contributed by atoms with Crippen molar-refractivity contribution in [3.63, 3.8) is 0 Å². The van der Waals surface area contributed by atoms with Crippen molar-refractivity contribution in [1.82, 2.24) is 5.32 Å². The van der Waals surface area contributed by atoms with Crippen LogP contribution in [0.25, 0.3) is 0 Å². The molecule has 3 heteroatoms. The lowest BCUT2D eigenvalue weighted by atomic mass is 10.1. The second-order valence-corrected chi connectivity index (χ2v) is 5.31. The van der Waals surface area contributed by atoms with Gasteiger partial charge in [-0.25, -0.2) is 0 Å². The highest BCUT2D eigenvalue weighted by molar-refractivity contribution is 5.46. The second kappa shape index (κ2) is 8.05. The summed E-state index contributed by atoms with van der Waals surface area (Å²) in [4.78, 5) is 0. The van der Waals surface area contributed by atoms with Crippen LogP contribution in [0, 0.1) is 5.92 Å². The van der Waals surface area contributed by atoms with Gasteiger partial charge in [0.2, 0.25) is 0 Å². The molecular formula is C16H27NO2. The molecule has 0 bridgehead atoms. The molecule has 1 N–H and O–H groups in total. The smallest absolute Gasteiger partial charge is 0.166 e. The van der Waals surface area contributed by atoms with Crippen LogP contribution in [-0.4, -0.2) is 19.8 Å². The molecule has 108 valence electrons. The van der Waals surface area contributed by atoms with Gasteiger partial charge < -0.3 is 14.8 Å². The molecule has 0 aliphatic heterocycles. The van der Waals surface area contributed by atoms with Crippen LogP contribution < -0.4 is 14.8 Å². The van der Waals surface area contributed by atoms with Crippen LogP contribution in [0.3, 0.4) is 0 Å². The number of benzene rings is 1. The van der Waals surface area contributed by atoms with E-state index in [1.54, 1.807) is 7.11 Å². The second-order valence-electron chi connectivity index (χ2n) is 5.31. The largest absolute Gasteiger partial charge is 0.493 e. The van der Waals surface area contributed by atoms with E-state index in [0.717, 1.165) is 36.6 Å². The Balaban J connectivity index is 2.82. The summed E-state index contributed by atoms with van der Waals surface area (Å²) < 4.78 is 11.4. The molecule has 1 rings (SSSR count). The first kappa shape index (κ1) is 15.8. The summed E-state index contributed by atoms with van der Waals surface area (Å²) >= 11 is 0. The molecule has 0 fully saturated rings. The lowest BCUT2D eigenvalue weighted by Gasteiger charge is -2.19. The average Bonchev–Trinajstić information content (AvgIpc) is 2.39. The van der Waals surface area contributed by atoms with Crippen LogP contribution in [0.15, 0.2) is 18.2 Å². The van der Waals surface area contributed by atoms with Gasteiger partial charge >= 0.3 is 0 Å². The number of rotatable bonds is 8. The number of nitrogens with one attached hydrogen (secondary N) is 1. The summed E-state index contributed by atoms with van der Waals surface area (Å²) in [6.45, 7) is 10.4. The molecule has 0 spiro atoms. The minimum absolute atomic E-state index is 0.195. The Morgan fingerprint density at radius 1 is 1.21 bits per heavy atom. The van der Waals surface area contributed by atoms with Gasteiger partial charge in [-0.15, -0.1) is 0 Å². The summed E-state index contributed by atoms with van der Waals surface area (Å²) in [7, 11) is 1.68. The molecule has 0 amide bonds. The molecule has 1 atom stereocenters. The zero-order valence-electron chi connectivity index (χ0n) is 12.8. The molecule has 0 aliphatic carbocycles. The Kier molecular flexibility index (Phi) is 6.71. The van der Waals surface area contributed by atoms with Gasteiger partial charge in [0.25, 0.3) is 0 Å². The molecular weight excluding hydrogens is 238 g/mol. The molecule has 0 radical (unpaired) electrons. The van der Waals surface area contributed by atoms with E-state index in [4.69, 9.17) is 9.47 Å². The SMILES string of the molecule is CCC(C)Oc1c(CNCC(C)C)cccc1OC. The zero-order chi connectivity index (χ0) is 14.3. The molecule has 0 aromatic heterocycles. The molecule has 1 aromatic rings. The van der Waals surface area contributed by atoms with Crippen molar-refractivity contribution in [1.29, 1.82) is 0 Å². The minimum atomic E-state index is 0.195. The fourth-order valence-corrected chi connectivity index (χ4v) is 1.78. The maximum absolute atomic E-state index is 6.01. The molecule has 19 heavy (non-hydrogen) atoms. The van der Waals surface area contributed by atoms with E-state index < -0.39 is 0 Å². The standard InChI is InChI=1S/C16H27NO2/c1-6-13(4)19-16-14(11-17-10-12(2)3)8-7-9-15(16)18-5/h7-9,12-13,17H,6,10-11H2,1-5H3. The van der Waals surface area contributed by atoms with Crippen LogP contribution >= 0.6 is 0 Å². The van der Waals surface area contributed by atoms with E-state index in [-0.39, 0.29) is 6.10 Å². The summed E-state index contributed by atoms with van der Waals surface area (Å²) in [6.07, 6.45) is 1.18. The molecule has 3 nitrogen and oxygen atoms in total. The van der Waals surface area contributed by atoms with Crippen molar-refractivity contribution in [2.75, 3.05) is 13.7 Å². The van der Waals surface area contributed by atoms with E-state index in [1.165, 1.54) is 0 Å². The first-order chi connectivity index (χ1) is 9.08. The highest BCUT2D eigenvalue weighted by atomic mass is 16.5. The van der Waals surface area contributed by atoms with Gasteiger partial charge in [-0.3, -0.25) is 0 Å². The Hall–Kier alpha value is -1.22. The maximum atomic E-state index is 6.01. The van der Waals surface area contributed by atoms with E-state index in [2.05, 4.69) is 39.1 Å². The van der Waals surface area contributed by atoms with Gasteiger partial charge in [0, 0.05) is 12.1 Å². The van der Waals surface area contributed by atoms with Crippen molar-refractivity contribution in [2.45, 2.75) is 46.8 Å². The molecule has 0 aliphatic rings. The van der Waals surface area contributed by atoms with Gasteiger partial charge in [0.05, 0.1) is 13.2 Å². The van der Waals surface area contributed by atoms with Crippen LogP contribution in [0.2, 0.25) is 0 Å². The van der Waals surface area contributed by atoms with Crippen LogP contribution in [0.1, 0.15) is 39.7 Å². The van der Waals surface area contributed by atoms with Gasteiger partial charge in [0.15, 0.2) is 11.5 Å². The number of hydrogen-bond acceptors (Lipinski definition) is 3. The number of hydrogen-bond donors (Lipinski definition) is 1. The molecule has 0 saturated heterocycles. The van der Waals surface area contributed by atoms with Crippen molar-refractivity contribution in [3.8, 4) is 11.5 Å². The van der Waals surface area contributed by atoms with Crippen molar-refractivity contribution in [3.05, 3.63) is 23.8 Å². The highest BCUT2D eigenvalue weighted by Crippen LogP contribution is 2.32. The third-order valence-corrected chi connectivity index (χ3v) is 3.04. The first-order valence-electron chi connectivity index (χ1n) is 7.11. The highest BCUT2D eigenvalue weighted by Gasteiger charge is 2.13. The quantitative estimate of drug-likeness (QED) is 0.778. The predicted molar refractivity (Wildman–Crippen MR) is 79.9 cm³/mol. The normalized spacial score (nSPS) is 12.5. The third-order valence-electron chi connectivity index (χ3n) is 3.04. The summed E-state index contributed by atoms with van der Waals surface area (Å²) in [5, 5.41) is 3.45. The fraction of sp³-hybridized carbons (Fsp3) is 0.625. The Bertz CT molecular complexity index is 377. The number of ether oxygens (including phenoxy) is 2. The molecule has 1 unspecified atom stereocenters. The monoisotopic (exact) mass is 265 g/mol. The predicted octanol–water partition coefficient (Wildman–Crippen LogP) is 3.62. The summed E-state index contributed by atoms with van der Waals surface area (Å²) in [6, 6.07) is 6.05. The molecule has 1 aromatic carbocycles. The van der Waals surface area contributed by atoms with E-state index >= 15 is 0 Å². The Morgan fingerprint density at radius 2 is 1.95 bits per heavy atom. The average molecular weight is 265 g/mol. The van der Waals surface area contributed by atoms with E-state index in [9.17, 15) is 0 Å². The van der Waals surface area contributed by atoms with E-state index in [1.807, 2.05) is 12.1 Å². The van der Waals surface area contributed by atoms with Crippen molar-refractivity contribution >= 4 is 0 Å². The summed E-state index contributed by atoms with van der Waals surface area (Å²) in [5.41, 5.74) is 1.15. The lowest BCUT2D eigenvalue weighted by Crippen LogP contribution is -2.20. The van der Waals surface area contributed by atoms with E-state index in [0.29, 0.717) is 5.92 Å². The lowest BCUT2D eigenvalue weighted by molar-refractivity contribution is 0.205. The zero-order valence-corrected chi connectivity index (χ0v) is 12.8. The topological polar surface area (TPSA) is 30.5 Å². The van der Waals surface area contributed by atoms with Crippen molar-refractivity contribution in [2.24, 2.45) is 5.92 Å². The molecule has 0 heterocycles. The third kappa shape index (κ3) is 5.11. The van der Waals surface area contributed by atoms with Crippen LogP contribution in [0.4, 0.5) is 0 Å². The molecule has 0 saturated carbocycles. The van der Waals surface area contributed by atoms with Crippen LogP contribution in [-0.2, 0) is 6.54 Å². The first-order valence-corrected chi connectivity index (χ1v) is 7.11.